The number of carbonyl (C=O) groups is 2. The molecule has 40 heavy (non-hydrogen) atoms. The van der Waals surface area contributed by atoms with Crippen LogP contribution in [0.15, 0.2) is 84.0 Å². The lowest BCUT2D eigenvalue weighted by atomic mass is 10.0. The van der Waals surface area contributed by atoms with E-state index in [2.05, 4.69) is 15.3 Å². The van der Waals surface area contributed by atoms with Crippen molar-refractivity contribution in [3.63, 3.8) is 0 Å². The number of hydrogen-bond donors (Lipinski definition) is 1. The molecule has 0 aliphatic rings. The summed E-state index contributed by atoms with van der Waals surface area (Å²) in [5, 5.41) is 3.38. The minimum absolute atomic E-state index is 0.0322. The Hall–Kier alpha value is -4.24. The molecule has 2 amide bonds. The van der Waals surface area contributed by atoms with Crippen LogP contribution >= 0.6 is 11.8 Å². The van der Waals surface area contributed by atoms with Crippen LogP contribution < -0.4 is 10.1 Å². The zero-order valence-corrected chi connectivity index (χ0v) is 23.7. The van der Waals surface area contributed by atoms with Crippen LogP contribution in [0.2, 0.25) is 0 Å². The summed E-state index contributed by atoms with van der Waals surface area (Å²) >= 11 is 1.18. The monoisotopic (exact) mass is 558 g/mol. The minimum Gasteiger partial charge on any atom is -0.497 e. The molecule has 9 heteroatoms. The predicted molar refractivity (Wildman–Crippen MR) is 155 cm³/mol. The highest BCUT2D eigenvalue weighted by atomic mass is 32.2. The Morgan fingerprint density at radius 2 is 1.60 bits per heavy atom. The van der Waals surface area contributed by atoms with Gasteiger partial charge in [0.1, 0.15) is 17.6 Å². The van der Waals surface area contributed by atoms with Crippen molar-refractivity contribution >= 4 is 29.3 Å². The first-order valence-corrected chi connectivity index (χ1v) is 13.7. The molecule has 4 aromatic rings. The van der Waals surface area contributed by atoms with E-state index < -0.39 is 17.8 Å². The summed E-state index contributed by atoms with van der Waals surface area (Å²) in [6, 6.07) is 21.4. The van der Waals surface area contributed by atoms with Gasteiger partial charge in [0.05, 0.1) is 12.9 Å². The second-order valence-electron chi connectivity index (χ2n) is 9.37. The van der Waals surface area contributed by atoms with Crippen molar-refractivity contribution < 1.29 is 18.7 Å². The van der Waals surface area contributed by atoms with Crippen LogP contribution in [0.3, 0.4) is 0 Å². The molecule has 0 radical (unpaired) electrons. The molecule has 7 nitrogen and oxygen atoms in total. The Morgan fingerprint density at radius 3 is 2.23 bits per heavy atom. The van der Waals surface area contributed by atoms with Crippen molar-refractivity contribution in [2.45, 2.75) is 38.5 Å². The van der Waals surface area contributed by atoms with Gasteiger partial charge in [0.2, 0.25) is 5.91 Å². The van der Waals surface area contributed by atoms with Gasteiger partial charge in [0.15, 0.2) is 5.16 Å². The van der Waals surface area contributed by atoms with Crippen LogP contribution in [0.4, 0.5) is 10.1 Å². The lowest BCUT2D eigenvalue weighted by molar-refractivity contribution is -0.137. The minimum atomic E-state index is -1.03. The van der Waals surface area contributed by atoms with Crippen LogP contribution in [0.1, 0.15) is 34.1 Å². The Morgan fingerprint density at radius 1 is 0.950 bits per heavy atom. The van der Waals surface area contributed by atoms with Gasteiger partial charge in [-0.15, -0.1) is 0 Å². The molecule has 206 valence electrons. The SMILES string of the molecule is COc1ccc(NC(=O)C(c2ccc(C)cc2)N(Cc2ccccc2F)C(=O)CSc2nc(C)cc(C)n2)cc1. The summed E-state index contributed by atoms with van der Waals surface area (Å²) in [6.07, 6.45) is 0. The Bertz CT molecular complexity index is 1460. The summed E-state index contributed by atoms with van der Waals surface area (Å²) in [5.74, 6) is -0.619. The standard InChI is InChI=1S/C31H31FN4O3S/c1-20-9-11-23(12-10-20)29(30(38)35-25-13-15-26(39-4)16-14-25)36(18-24-7-5-6-8-27(24)32)28(37)19-40-31-33-21(2)17-22(3)34-31/h5-17,29H,18-19H2,1-4H3,(H,35,38). The number of methoxy groups -OCH3 is 1. The van der Waals surface area contributed by atoms with Crippen molar-refractivity contribution in [1.29, 1.82) is 0 Å². The highest BCUT2D eigenvalue weighted by Gasteiger charge is 2.32. The van der Waals surface area contributed by atoms with Crippen molar-refractivity contribution in [1.82, 2.24) is 14.9 Å². The van der Waals surface area contributed by atoms with Crippen LogP contribution in [0.5, 0.6) is 5.75 Å². The first-order chi connectivity index (χ1) is 19.2. The molecule has 1 unspecified atom stereocenters. The van der Waals surface area contributed by atoms with Crippen LogP contribution in [0.25, 0.3) is 0 Å². The fourth-order valence-electron chi connectivity index (χ4n) is 4.21. The number of aryl methyl sites for hydroxylation is 3. The summed E-state index contributed by atoms with van der Waals surface area (Å²) in [5.41, 5.74) is 4.04. The molecule has 0 fully saturated rings. The van der Waals surface area contributed by atoms with E-state index in [4.69, 9.17) is 4.74 Å². The number of halogens is 1. The lowest BCUT2D eigenvalue weighted by Crippen LogP contribution is -2.42. The highest BCUT2D eigenvalue weighted by molar-refractivity contribution is 7.99. The maximum absolute atomic E-state index is 14.8. The van der Waals surface area contributed by atoms with Crippen molar-refractivity contribution in [3.8, 4) is 5.75 Å². The predicted octanol–water partition coefficient (Wildman–Crippen LogP) is 6.05. The van der Waals surface area contributed by atoms with E-state index in [1.807, 2.05) is 51.1 Å². The maximum Gasteiger partial charge on any atom is 0.251 e. The molecule has 0 saturated heterocycles. The molecular weight excluding hydrogens is 527 g/mol. The third kappa shape index (κ3) is 7.45. The number of hydrogen-bond acceptors (Lipinski definition) is 6. The number of benzene rings is 3. The van der Waals surface area contributed by atoms with Gasteiger partial charge in [-0.2, -0.15) is 0 Å². The van der Waals surface area contributed by atoms with E-state index in [0.29, 0.717) is 27.7 Å². The normalized spacial score (nSPS) is 11.5. The number of rotatable bonds is 10. The number of nitrogens with one attached hydrogen (secondary N) is 1. The number of amides is 2. The second-order valence-corrected chi connectivity index (χ2v) is 10.3. The summed E-state index contributed by atoms with van der Waals surface area (Å²) in [6.45, 7) is 5.57. The molecule has 0 saturated carbocycles. The Labute approximate surface area is 237 Å². The third-order valence-corrected chi connectivity index (χ3v) is 7.05. The molecule has 1 aromatic heterocycles. The van der Waals surface area contributed by atoms with Gasteiger partial charge in [-0.25, -0.2) is 14.4 Å². The molecule has 1 heterocycles. The number of nitrogens with zero attached hydrogens (tertiary/aromatic N) is 3. The summed E-state index contributed by atoms with van der Waals surface area (Å²) in [4.78, 5) is 38.0. The molecule has 0 bridgehead atoms. The van der Waals surface area contributed by atoms with Gasteiger partial charge in [-0.05, 0) is 62.7 Å². The molecule has 0 spiro atoms. The molecule has 1 atom stereocenters. The second kappa shape index (κ2) is 13.2. The molecule has 0 aliphatic carbocycles. The van der Waals surface area contributed by atoms with Crippen molar-refractivity contribution in [2.24, 2.45) is 0 Å². The van der Waals surface area contributed by atoms with E-state index in [9.17, 15) is 14.0 Å². The van der Waals surface area contributed by atoms with Crippen LogP contribution in [0, 0.1) is 26.6 Å². The average molecular weight is 559 g/mol. The van der Waals surface area contributed by atoms with Gasteiger partial charge >= 0.3 is 0 Å². The highest BCUT2D eigenvalue weighted by Crippen LogP contribution is 2.28. The fourth-order valence-corrected chi connectivity index (χ4v) is 5.04. The number of aromatic nitrogens is 2. The van der Waals surface area contributed by atoms with Gasteiger partial charge in [-0.1, -0.05) is 59.8 Å². The van der Waals surface area contributed by atoms with Gasteiger partial charge in [0, 0.05) is 29.2 Å². The fraction of sp³-hybridized carbons (Fsp3) is 0.226. The van der Waals surface area contributed by atoms with Crippen molar-refractivity contribution in [2.75, 3.05) is 18.2 Å². The first kappa shape index (κ1) is 28.8. The largest absolute Gasteiger partial charge is 0.497 e. The smallest absolute Gasteiger partial charge is 0.251 e. The van der Waals surface area contributed by atoms with E-state index in [-0.39, 0.29) is 18.2 Å². The number of anilines is 1. The van der Waals surface area contributed by atoms with E-state index >= 15 is 0 Å². The molecule has 3 aromatic carbocycles. The third-order valence-electron chi connectivity index (χ3n) is 6.22. The number of thioether (sulfide) groups is 1. The van der Waals surface area contributed by atoms with Crippen molar-refractivity contribution in [3.05, 3.63) is 113 Å². The van der Waals surface area contributed by atoms with E-state index in [1.54, 1.807) is 49.6 Å². The van der Waals surface area contributed by atoms with Gasteiger partial charge in [-0.3, -0.25) is 9.59 Å². The molecule has 4 rings (SSSR count). The maximum atomic E-state index is 14.8. The molecular formula is C31H31FN4O3S. The Kier molecular flexibility index (Phi) is 9.50. The Balaban J connectivity index is 1.70. The summed E-state index contributed by atoms with van der Waals surface area (Å²) < 4.78 is 20.0. The lowest BCUT2D eigenvalue weighted by Gasteiger charge is -2.32. The summed E-state index contributed by atoms with van der Waals surface area (Å²) in [7, 11) is 1.56. The zero-order chi connectivity index (χ0) is 28.6. The van der Waals surface area contributed by atoms with Gasteiger partial charge in [0.25, 0.3) is 5.91 Å². The average Bonchev–Trinajstić information content (AvgIpc) is 2.93. The zero-order valence-electron chi connectivity index (χ0n) is 22.8. The van der Waals surface area contributed by atoms with E-state index in [0.717, 1.165) is 17.0 Å². The topological polar surface area (TPSA) is 84.4 Å². The van der Waals surface area contributed by atoms with Crippen LogP contribution in [-0.4, -0.2) is 39.5 Å². The molecule has 0 aliphatic heterocycles. The van der Waals surface area contributed by atoms with Crippen LogP contribution in [-0.2, 0) is 16.1 Å². The number of ether oxygens (including phenoxy) is 1. The van der Waals surface area contributed by atoms with E-state index in [1.165, 1.54) is 22.7 Å². The number of carbonyl (C=O) groups excluding carboxylic acids is 2. The quantitative estimate of drug-likeness (QED) is 0.188. The first-order valence-electron chi connectivity index (χ1n) is 12.7. The molecule has 1 N–H and O–H groups in total. The van der Waals surface area contributed by atoms with Gasteiger partial charge < -0.3 is 15.0 Å².